The number of ether oxygens (including phenoxy) is 1. The van der Waals surface area contributed by atoms with Crippen molar-refractivity contribution in [2.75, 3.05) is 13.7 Å². The first-order valence-electron chi connectivity index (χ1n) is 8.46. The number of benzene rings is 2. The third-order valence-corrected chi connectivity index (χ3v) is 4.71. The van der Waals surface area contributed by atoms with Gasteiger partial charge in [0.2, 0.25) is 5.91 Å². The predicted octanol–water partition coefficient (Wildman–Crippen LogP) is 3.84. The number of aryl methyl sites for hydroxylation is 1. The van der Waals surface area contributed by atoms with Gasteiger partial charge in [0, 0.05) is 23.6 Å². The van der Waals surface area contributed by atoms with Crippen molar-refractivity contribution < 1.29 is 14.3 Å². The molecule has 0 aliphatic heterocycles. The Balaban J connectivity index is 2.17. The molecule has 0 fully saturated rings. The molecule has 0 saturated heterocycles. The van der Waals surface area contributed by atoms with Crippen molar-refractivity contribution >= 4 is 35.0 Å². The summed E-state index contributed by atoms with van der Waals surface area (Å²) >= 11 is 12.2. The molecule has 0 saturated carbocycles. The molecule has 0 aromatic heterocycles. The first kappa shape index (κ1) is 21.1. The molecule has 2 amide bonds. The molecule has 0 aliphatic carbocycles. The second kappa shape index (κ2) is 9.62. The number of nitrogens with zero attached hydrogens (tertiary/aromatic N) is 1. The molecule has 2 aromatic rings. The first-order chi connectivity index (χ1) is 12.8. The van der Waals surface area contributed by atoms with Gasteiger partial charge in [-0.2, -0.15) is 0 Å². The summed E-state index contributed by atoms with van der Waals surface area (Å²) < 4.78 is 5.60. The molecule has 0 spiro atoms. The zero-order valence-corrected chi connectivity index (χ0v) is 17.0. The number of hydrogen-bond acceptors (Lipinski definition) is 3. The smallest absolute Gasteiger partial charge is 0.261 e. The second-order valence-corrected chi connectivity index (χ2v) is 7.00. The summed E-state index contributed by atoms with van der Waals surface area (Å²) in [6.45, 7) is 3.58. The minimum atomic E-state index is -0.685. The highest BCUT2D eigenvalue weighted by molar-refractivity contribution is 6.35. The summed E-state index contributed by atoms with van der Waals surface area (Å²) in [7, 11) is 1.53. The summed E-state index contributed by atoms with van der Waals surface area (Å²) in [6, 6.07) is 11.8. The molecule has 5 nitrogen and oxygen atoms in total. The molecule has 0 aliphatic rings. The highest BCUT2D eigenvalue weighted by Crippen LogP contribution is 2.23. The Kier molecular flexibility index (Phi) is 7.51. The van der Waals surface area contributed by atoms with Crippen molar-refractivity contribution in [3.05, 3.63) is 63.6 Å². The average molecular weight is 409 g/mol. The lowest BCUT2D eigenvalue weighted by Gasteiger charge is -2.28. The number of nitrogens with one attached hydrogen (secondary N) is 1. The average Bonchev–Trinajstić information content (AvgIpc) is 2.64. The first-order valence-corrected chi connectivity index (χ1v) is 9.22. The van der Waals surface area contributed by atoms with E-state index in [1.807, 2.05) is 25.1 Å². The molecule has 0 bridgehead atoms. The topological polar surface area (TPSA) is 58.6 Å². The van der Waals surface area contributed by atoms with Gasteiger partial charge in [-0.05, 0) is 49.2 Å². The van der Waals surface area contributed by atoms with Crippen molar-refractivity contribution in [2.45, 2.75) is 26.4 Å². The van der Waals surface area contributed by atoms with Crippen LogP contribution in [-0.4, -0.2) is 36.4 Å². The van der Waals surface area contributed by atoms with Crippen LogP contribution in [0.1, 0.15) is 18.1 Å². The Labute approximate surface area is 169 Å². The van der Waals surface area contributed by atoms with E-state index >= 15 is 0 Å². The van der Waals surface area contributed by atoms with Gasteiger partial charge in [0.1, 0.15) is 11.8 Å². The maximum Gasteiger partial charge on any atom is 0.261 e. The molecule has 0 unspecified atom stereocenters. The van der Waals surface area contributed by atoms with E-state index in [4.69, 9.17) is 27.9 Å². The van der Waals surface area contributed by atoms with Crippen LogP contribution in [0.3, 0.4) is 0 Å². The van der Waals surface area contributed by atoms with Crippen LogP contribution in [0.5, 0.6) is 5.75 Å². The fourth-order valence-electron chi connectivity index (χ4n) is 2.56. The maximum absolute atomic E-state index is 12.8. The quantitative estimate of drug-likeness (QED) is 0.756. The Hall–Kier alpha value is -2.24. The number of carbonyl (C=O) groups excluding carboxylic acids is 2. The SMILES string of the molecule is CNC(=O)[C@@H](C)N(Cc1ccc(Cl)cc1Cl)C(=O)COc1cccc(C)c1. The van der Waals surface area contributed by atoms with Gasteiger partial charge in [0.15, 0.2) is 6.61 Å². The van der Waals surface area contributed by atoms with Gasteiger partial charge in [0.25, 0.3) is 5.91 Å². The van der Waals surface area contributed by atoms with E-state index in [0.717, 1.165) is 5.56 Å². The Bertz CT molecular complexity index is 827. The fraction of sp³-hybridized carbons (Fsp3) is 0.300. The summed E-state index contributed by atoms with van der Waals surface area (Å²) in [4.78, 5) is 26.3. The summed E-state index contributed by atoms with van der Waals surface area (Å²) in [5, 5.41) is 3.50. The minimum Gasteiger partial charge on any atom is -0.484 e. The molecule has 144 valence electrons. The monoisotopic (exact) mass is 408 g/mol. The van der Waals surface area contributed by atoms with Crippen LogP contribution in [0, 0.1) is 6.92 Å². The predicted molar refractivity (Wildman–Crippen MR) is 107 cm³/mol. The van der Waals surface area contributed by atoms with E-state index in [1.54, 1.807) is 31.2 Å². The van der Waals surface area contributed by atoms with Gasteiger partial charge < -0.3 is 15.0 Å². The standard InChI is InChI=1S/C20H22Cl2N2O3/c1-13-5-4-6-17(9-13)27-12-19(25)24(14(2)20(26)23-3)11-15-7-8-16(21)10-18(15)22/h4-10,14H,11-12H2,1-3H3,(H,23,26)/t14-/m1/s1. The highest BCUT2D eigenvalue weighted by atomic mass is 35.5. The zero-order valence-electron chi connectivity index (χ0n) is 15.5. The molecule has 7 heteroatoms. The summed E-state index contributed by atoms with van der Waals surface area (Å²) in [5.74, 6) is 0.00281. The van der Waals surface area contributed by atoms with Gasteiger partial charge in [-0.15, -0.1) is 0 Å². The van der Waals surface area contributed by atoms with Crippen LogP contribution in [0.2, 0.25) is 10.0 Å². The molecule has 0 radical (unpaired) electrons. The van der Waals surface area contributed by atoms with Gasteiger partial charge in [-0.1, -0.05) is 41.4 Å². The number of halogens is 2. The van der Waals surface area contributed by atoms with E-state index in [2.05, 4.69) is 5.32 Å². The van der Waals surface area contributed by atoms with Gasteiger partial charge in [-0.3, -0.25) is 9.59 Å². The molecule has 2 aromatic carbocycles. The Morgan fingerprint density at radius 3 is 2.56 bits per heavy atom. The maximum atomic E-state index is 12.8. The molecule has 0 heterocycles. The van der Waals surface area contributed by atoms with Gasteiger partial charge in [-0.25, -0.2) is 0 Å². The minimum absolute atomic E-state index is 0.167. The van der Waals surface area contributed by atoms with Crippen LogP contribution in [-0.2, 0) is 16.1 Å². The number of carbonyl (C=O) groups is 2. The van der Waals surface area contributed by atoms with Crippen LogP contribution >= 0.6 is 23.2 Å². The van der Waals surface area contributed by atoms with Crippen molar-refractivity contribution in [3.8, 4) is 5.75 Å². The van der Waals surface area contributed by atoms with Gasteiger partial charge >= 0.3 is 0 Å². The molecule has 2 rings (SSSR count). The molecular formula is C20H22Cl2N2O3. The van der Waals surface area contributed by atoms with Crippen LogP contribution in [0.25, 0.3) is 0 Å². The lowest BCUT2D eigenvalue weighted by molar-refractivity contribution is -0.142. The third kappa shape index (κ3) is 5.88. The molecule has 1 atom stereocenters. The Morgan fingerprint density at radius 1 is 1.19 bits per heavy atom. The van der Waals surface area contributed by atoms with Gasteiger partial charge in [0.05, 0.1) is 0 Å². The highest BCUT2D eigenvalue weighted by Gasteiger charge is 2.26. The largest absolute Gasteiger partial charge is 0.484 e. The van der Waals surface area contributed by atoms with E-state index in [9.17, 15) is 9.59 Å². The van der Waals surface area contributed by atoms with Crippen molar-refractivity contribution in [2.24, 2.45) is 0 Å². The fourth-order valence-corrected chi connectivity index (χ4v) is 3.03. The van der Waals surface area contributed by atoms with Crippen LogP contribution in [0.15, 0.2) is 42.5 Å². The third-order valence-electron chi connectivity index (χ3n) is 4.12. The summed E-state index contributed by atoms with van der Waals surface area (Å²) in [5.41, 5.74) is 1.73. The molecular weight excluding hydrogens is 387 g/mol. The van der Waals surface area contributed by atoms with Crippen LogP contribution in [0.4, 0.5) is 0 Å². The lowest BCUT2D eigenvalue weighted by Crippen LogP contribution is -2.48. The summed E-state index contributed by atoms with van der Waals surface area (Å²) in [6.07, 6.45) is 0. The van der Waals surface area contributed by atoms with E-state index in [1.165, 1.54) is 11.9 Å². The van der Waals surface area contributed by atoms with Crippen molar-refractivity contribution in [3.63, 3.8) is 0 Å². The van der Waals surface area contributed by atoms with Crippen molar-refractivity contribution in [1.82, 2.24) is 10.2 Å². The number of rotatable bonds is 7. The van der Waals surface area contributed by atoms with E-state index < -0.39 is 6.04 Å². The zero-order chi connectivity index (χ0) is 20.0. The lowest BCUT2D eigenvalue weighted by atomic mass is 10.1. The second-order valence-electron chi connectivity index (χ2n) is 6.15. The van der Waals surface area contributed by atoms with Crippen molar-refractivity contribution in [1.29, 1.82) is 0 Å². The number of likely N-dealkylation sites (N-methyl/N-ethyl adjacent to an activating group) is 1. The molecule has 27 heavy (non-hydrogen) atoms. The Morgan fingerprint density at radius 2 is 1.93 bits per heavy atom. The normalized spacial score (nSPS) is 11.6. The number of amides is 2. The van der Waals surface area contributed by atoms with E-state index in [-0.39, 0.29) is 25.0 Å². The molecule has 1 N–H and O–H groups in total. The van der Waals surface area contributed by atoms with E-state index in [0.29, 0.717) is 21.4 Å². The number of hydrogen-bond donors (Lipinski definition) is 1. The van der Waals surface area contributed by atoms with Crippen LogP contribution < -0.4 is 10.1 Å².